The lowest BCUT2D eigenvalue weighted by Crippen LogP contribution is -2.31. The average molecular weight is 395 g/mol. The summed E-state index contributed by atoms with van der Waals surface area (Å²) in [5.41, 5.74) is 8.68. The molecule has 152 valence electrons. The van der Waals surface area contributed by atoms with Gasteiger partial charge in [0.05, 0.1) is 17.9 Å². The first-order chi connectivity index (χ1) is 14.1. The van der Waals surface area contributed by atoms with Crippen molar-refractivity contribution in [2.75, 3.05) is 30.7 Å². The first kappa shape index (κ1) is 19.3. The van der Waals surface area contributed by atoms with Crippen LogP contribution in [0.5, 0.6) is 0 Å². The van der Waals surface area contributed by atoms with Crippen LogP contribution in [0.3, 0.4) is 0 Å². The molecule has 3 heterocycles. The number of hydrogen-bond donors (Lipinski definition) is 2. The molecule has 7 nitrogen and oxygen atoms in total. The number of aromatic nitrogens is 4. The molecule has 1 saturated heterocycles. The molecule has 3 N–H and O–H groups in total. The van der Waals surface area contributed by atoms with E-state index in [0.717, 1.165) is 36.5 Å². The number of nitrogen functional groups attached to an aromatic ring is 1. The van der Waals surface area contributed by atoms with Crippen LogP contribution in [0.15, 0.2) is 42.7 Å². The monoisotopic (exact) mass is 395 g/mol. The van der Waals surface area contributed by atoms with Gasteiger partial charge in [0.1, 0.15) is 11.6 Å². The minimum Gasteiger partial charge on any atom is -0.368 e. The summed E-state index contributed by atoms with van der Waals surface area (Å²) < 4.78 is 15.2. The van der Waals surface area contributed by atoms with Crippen molar-refractivity contribution in [3.8, 4) is 11.3 Å². The Labute approximate surface area is 169 Å². The maximum atomic E-state index is 13.4. The molecule has 1 aliphatic rings. The van der Waals surface area contributed by atoms with Crippen molar-refractivity contribution in [3.05, 3.63) is 54.1 Å². The number of nitrogens with two attached hydrogens (primary N) is 1. The zero-order valence-electron chi connectivity index (χ0n) is 16.6. The third-order valence-corrected chi connectivity index (χ3v) is 5.31. The van der Waals surface area contributed by atoms with Gasteiger partial charge in [-0.3, -0.25) is 9.58 Å². The summed E-state index contributed by atoms with van der Waals surface area (Å²) >= 11 is 0. The molecule has 0 radical (unpaired) electrons. The van der Waals surface area contributed by atoms with Crippen LogP contribution >= 0.6 is 0 Å². The zero-order valence-corrected chi connectivity index (χ0v) is 16.6. The summed E-state index contributed by atoms with van der Waals surface area (Å²) in [4.78, 5) is 11.1. The number of hydrogen-bond acceptors (Lipinski definition) is 6. The number of likely N-dealkylation sites (tertiary alicyclic amines) is 1. The van der Waals surface area contributed by atoms with Gasteiger partial charge in [-0.15, -0.1) is 0 Å². The van der Waals surface area contributed by atoms with E-state index in [-0.39, 0.29) is 17.8 Å². The van der Waals surface area contributed by atoms with Gasteiger partial charge in [0.15, 0.2) is 0 Å². The van der Waals surface area contributed by atoms with Crippen LogP contribution < -0.4 is 11.1 Å². The van der Waals surface area contributed by atoms with Crippen LogP contribution in [0.25, 0.3) is 11.3 Å². The van der Waals surface area contributed by atoms with E-state index in [1.165, 1.54) is 25.0 Å². The van der Waals surface area contributed by atoms with Gasteiger partial charge in [-0.2, -0.15) is 10.1 Å². The van der Waals surface area contributed by atoms with Gasteiger partial charge in [0.25, 0.3) is 0 Å². The van der Waals surface area contributed by atoms with Crippen LogP contribution in [-0.2, 0) is 6.54 Å². The van der Waals surface area contributed by atoms with Crippen LogP contribution in [0.4, 0.5) is 16.2 Å². The third-order valence-electron chi connectivity index (χ3n) is 5.31. The molecule has 2 aromatic heterocycles. The second kappa shape index (κ2) is 8.57. The van der Waals surface area contributed by atoms with E-state index >= 15 is 0 Å². The van der Waals surface area contributed by atoms with Crippen molar-refractivity contribution < 1.29 is 4.39 Å². The molecule has 0 amide bonds. The second-order valence-electron chi connectivity index (χ2n) is 7.27. The van der Waals surface area contributed by atoms with Crippen molar-refractivity contribution in [1.29, 1.82) is 0 Å². The normalized spacial score (nSPS) is 15.5. The second-order valence-corrected chi connectivity index (χ2v) is 7.27. The predicted octanol–water partition coefficient (Wildman–Crippen LogP) is 3.33. The summed E-state index contributed by atoms with van der Waals surface area (Å²) in [6, 6.07) is 8.78. The minimum absolute atomic E-state index is 0.139. The van der Waals surface area contributed by atoms with Crippen LogP contribution in [-0.4, -0.2) is 44.3 Å². The van der Waals surface area contributed by atoms with Gasteiger partial charge in [-0.05, 0) is 50.6 Å². The molecule has 0 spiro atoms. The molecule has 1 atom stereocenters. The molecule has 3 aromatic rings. The van der Waals surface area contributed by atoms with Crippen LogP contribution in [0, 0.1) is 5.82 Å². The molecule has 4 rings (SSSR count). The van der Waals surface area contributed by atoms with Crippen molar-refractivity contribution >= 4 is 11.8 Å². The highest BCUT2D eigenvalue weighted by atomic mass is 19.1. The van der Waals surface area contributed by atoms with Crippen LogP contribution in [0.2, 0.25) is 0 Å². The predicted molar refractivity (Wildman–Crippen MR) is 112 cm³/mol. The molecule has 0 unspecified atom stereocenters. The Hall–Kier alpha value is -3.00. The smallest absolute Gasteiger partial charge is 0.222 e. The minimum atomic E-state index is -0.220. The molecule has 1 fully saturated rings. The Balaban J connectivity index is 1.54. The summed E-state index contributed by atoms with van der Waals surface area (Å²) in [6.45, 7) is 5.55. The van der Waals surface area contributed by atoms with Crippen molar-refractivity contribution in [3.63, 3.8) is 0 Å². The average Bonchev–Trinajstić information content (AvgIpc) is 3.41. The van der Waals surface area contributed by atoms with E-state index in [1.54, 1.807) is 6.20 Å². The fourth-order valence-corrected chi connectivity index (χ4v) is 3.77. The zero-order chi connectivity index (χ0) is 20.2. The van der Waals surface area contributed by atoms with Gasteiger partial charge in [0, 0.05) is 30.9 Å². The topological polar surface area (TPSA) is 84.9 Å². The Morgan fingerprint density at radius 3 is 2.62 bits per heavy atom. The number of halogens is 1. The number of nitrogens with zero attached hydrogens (tertiary/aromatic N) is 5. The van der Waals surface area contributed by atoms with Gasteiger partial charge >= 0.3 is 0 Å². The molecule has 1 aromatic carbocycles. The molecule has 0 aliphatic carbocycles. The quantitative estimate of drug-likeness (QED) is 0.638. The SMILES string of the molecule is CCn1cc(-c2cc(NC[C@H](c3ccc(F)cc3)N3CCCC3)nc(N)n2)cn1. The van der Waals surface area contributed by atoms with E-state index in [4.69, 9.17) is 5.73 Å². The van der Waals surface area contributed by atoms with Crippen molar-refractivity contribution in [2.45, 2.75) is 32.4 Å². The lowest BCUT2D eigenvalue weighted by molar-refractivity contribution is 0.255. The first-order valence-electron chi connectivity index (χ1n) is 10.0. The number of benzene rings is 1. The lowest BCUT2D eigenvalue weighted by Gasteiger charge is -2.28. The summed E-state index contributed by atoms with van der Waals surface area (Å²) in [6.07, 6.45) is 6.09. The third kappa shape index (κ3) is 4.54. The Bertz CT molecular complexity index is 948. The Kier molecular flexibility index (Phi) is 5.71. The number of anilines is 2. The number of aryl methyl sites for hydroxylation is 1. The highest BCUT2D eigenvalue weighted by Crippen LogP contribution is 2.27. The van der Waals surface area contributed by atoms with E-state index in [1.807, 2.05) is 36.0 Å². The Morgan fingerprint density at radius 1 is 1.17 bits per heavy atom. The van der Waals surface area contributed by atoms with E-state index in [0.29, 0.717) is 12.4 Å². The number of rotatable bonds is 7. The standard InChI is InChI=1S/C21H26FN7/c1-2-29-14-16(12-25-29)18-11-20(27-21(23)26-18)24-13-19(28-9-3-4-10-28)15-5-7-17(22)8-6-15/h5-8,11-12,14,19H,2-4,9-10,13H2,1H3,(H3,23,24,26,27)/t19-/m1/s1. The van der Waals surface area contributed by atoms with Gasteiger partial charge in [0.2, 0.25) is 5.95 Å². The van der Waals surface area contributed by atoms with Crippen molar-refractivity contribution in [1.82, 2.24) is 24.6 Å². The molecular weight excluding hydrogens is 369 g/mol. The fraction of sp³-hybridized carbons (Fsp3) is 0.381. The largest absolute Gasteiger partial charge is 0.368 e. The molecule has 29 heavy (non-hydrogen) atoms. The first-order valence-corrected chi connectivity index (χ1v) is 10.0. The lowest BCUT2D eigenvalue weighted by atomic mass is 10.1. The maximum absolute atomic E-state index is 13.4. The Morgan fingerprint density at radius 2 is 1.93 bits per heavy atom. The van der Waals surface area contributed by atoms with E-state index in [9.17, 15) is 4.39 Å². The van der Waals surface area contributed by atoms with Crippen molar-refractivity contribution in [2.24, 2.45) is 0 Å². The fourth-order valence-electron chi connectivity index (χ4n) is 3.77. The molecule has 8 heteroatoms. The summed E-state index contributed by atoms with van der Waals surface area (Å²) in [5, 5.41) is 7.71. The molecule has 1 aliphatic heterocycles. The maximum Gasteiger partial charge on any atom is 0.222 e. The van der Waals surface area contributed by atoms with E-state index in [2.05, 4.69) is 25.3 Å². The highest BCUT2D eigenvalue weighted by Gasteiger charge is 2.23. The summed E-state index contributed by atoms with van der Waals surface area (Å²) in [5.74, 6) is 0.666. The molecular formula is C21H26FN7. The summed E-state index contributed by atoms with van der Waals surface area (Å²) in [7, 11) is 0. The van der Waals surface area contributed by atoms with Gasteiger partial charge in [-0.25, -0.2) is 9.37 Å². The van der Waals surface area contributed by atoms with Crippen LogP contribution in [0.1, 0.15) is 31.4 Å². The number of nitrogens with one attached hydrogen (secondary N) is 1. The van der Waals surface area contributed by atoms with E-state index < -0.39 is 0 Å². The molecule has 0 bridgehead atoms. The van der Waals surface area contributed by atoms with Gasteiger partial charge in [-0.1, -0.05) is 12.1 Å². The molecule has 0 saturated carbocycles. The highest BCUT2D eigenvalue weighted by molar-refractivity contribution is 5.62. The van der Waals surface area contributed by atoms with Gasteiger partial charge < -0.3 is 11.1 Å².